The van der Waals surface area contributed by atoms with E-state index in [2.05, 4.69) is 0 Å². The lowest BCUT2D eigenvalue weighted by Gasteiger charge is -2.15. The van der Waals surface area contributed by atoms with Crippen LogP contribution in [-0.4, -0.2) is 40.7 Å². The molecule has 0 aliphatic rings. The number of carboxylic acid groups (broad SMARTS) is 1. The lowest BCUT2D eigenvalue weighted by molar-refractivity contribution is -0.175. The average molecular weight is 321 g/mol. The molecule has 1 amide bonds. The number of aryl methyl sites for hydroxylation is 1. The molecule has 0 aliphatic heterocycles. The van der Waals surface area contributed by atoms with E-state index in [9.17, 15) is 22.8 Å². The number of carboxylic acids is 1. The minimum Gasteiger partial charge on any atom is -0.480 e. The highest BCUT2D eigenvalue weighted by Gasteiger charge is 2.40. The number of carbonyl (C=O) groups excluding carboxylic acids is 1. The smallest absolute Gasteiger partial charge is 0.471 e. The second-order valence-electron chi connectivity index (χ2n) is 4.17. The van der Waals surface area contributed by atoms with Gasteiger partial charge in [0.15, 0.2) is 0 Å². The Hall–Kier alpha value is -1.70. The molecular weight excluding hydrogens is 307 g/mol. The molecule has 0 saturated carbocycles. The number of rotatable bonds is 7. The van der Waals surface area contributed by atoms with Crippen LogP contribution < -0.4 is 5.32 Å². The van der Waals surface area contributed by atoms with E-state index < -0.39 is 24.1 Å². The molecule has 0 saturated heterocycles. The van der Waals surface area contributed by atoms with Crippen LogP contribution in [0.1, 0.15) is 5.56 Å². The molecule has 4 nitrogen and oxygen atoms in total. The highest BCUT2D eigenvalue weighted by atomic mass is 32.2. The predicted molar refractivity (Wildman–Crippen MR) is 73.1 cm³/mol. The lowest BCUT2D eigenvalue weighted by Crippen LogP contribution is -2.48. The molecule has 0 radical (unpaired) electrons. The third-order valence-electron chi connectivity index (χ3n) is 2.52. The molecule has 116 valence electrons. The Kier molecular flexibility index (Phi) is 6.54. The number of nitrogens with one attached hydrogen (secondary N) is 1. The molecule has 21 heavy (non-hydrogen) atoms. The second-order valence-corrected chi connectivity index (χ2v) is 5.32. The normalized spacial score (nSPS) is 12.7. The molecule has 0 spiro atoms. The summed E-state index contributed by atoms with van der Waals surface area (Å²) in [7, 11) is 0. The van der Waals surface area contributed by atoms with Gasteiger partial charge in [-0.3, -0.25) is 4.79 Å². The molecule has 1 atom stereocenters. The predicted octanol–water partition coefficient (Wildman–Crippen LogP) is 2.09. The SMILES string of the molecule is O=C(O)C(CSCCc1ccccc1)NC(=O)C(F)(F)F. The Bertz CT molecular complexity index is 479. The van der Waals surface area contributed by atoms with Crippen molar-refractivity contribution in [3.05, 3.63) is 35.9 Å². The Morgan fingerprint density at radius 1 is 1.24 bits per heavy atom. The first-order chi connectivity index (χ1) is 9.80. The van der Waals surface area contributed by atoms with Crippen LogP contribution >= 0.6 is 11.8 Å². The molecule has 0 bridgehead atoms. The molecule has 0 heterocycles. The Morgan fingerprint density at radius 2 is 1.86 bits per heavy atom. The summed E-state index contributed by atoms with van der Waals surface area (Å²) in [5, 5.41) is 10.3. The first kappa shape index (κ1) is 17.4. The fraction of sp³-hybridized carbons (Fsp3) is 0.385. The monoisotopic (exact) mass is 321 g/mol. The molecule has 1 aromatic rings. The van der Waals surface area contributed by atoms with Crippen molar-refractivity contribution >= 4 is 23.6 Å². The van der Waals surface area contributed by atoms with E-state index in [1.807, 2.05) is 30.3 Å². The van der Waals surface area contributed by atoms with E-state index in [0.717, 1.165) is 5.56 Å². The first-order valence-corrected chi connectivity index (χ1v) is 7.18. The van der Waals surface area contributed by atoms with Gasteiger partial charge in [0.1, 0.15) is 6.04 Å². The van der Waals surface area contributed by atoms with Crippen molar-refractivity contribution in [2.45, 2.75) is 18.6 Å². The van der Waals surface area contributed by atoms with E-state index in [-0.39, 0.29) is 5.75 Å². The van der Waals surface area contributed by atoms with Gasteiger partial charge in [0.25, 0.3) is 0 Å². The fourth-order valence-corrected chi connectivity index (χ4v) is 2.46. The summed E-state index contributed by atoms with van der Waals surface area (Å²) in [6.45, 7) is 0. The van der Waals surface area contributed by atoms with Crippen LogP contribution in [-0.2, 0) is 16.0 Å². The van der Waals surface area contributed by atoms with Crippen LogP contribution in [0, 0.1) is 0 Å². The van der Waals surface area contributed by atoms with Crippen LogP contribution in [0.2, 0.25) is 0 Å². The lowest BCUT2D eigenvalue weighted by atomic mass is 10.2. The van der Waals surface area contributed by atoms with Crippen molar-refractivity contribution in [1.82, 2.24) is 5.32 Å². The van der Waals surface area contributed by atoms with Gasteiger partial charge >= 0.3 is 18.1 Å². The average Bonchev–Trinajstić information content (AvgIpc) is 2.41. The second kappa shape index (κ2) is 7.92. The Morgan fingerprint density at radius 3 is 2.38 bits per heavy atom. The summed E-state index contributed by atoms with van der Waals surface area (Å²) in [4.78, 5) is 21.6. The number of aliphatic carboxylic acids is 1. The van der Waals surface area contributed by atoms with E-state index >= 15 is 0 Å². The molecule has 0 fully saturated rings. The van der Waals surface area contributed by atoms with Crippen molar-refractivity contribution in [2.24, 2.45) is 0 Å². The number of carbonyl (C=O) groups is 2. The minimum atomic E-state index is -5.08. The highest BCUT2D eigenvalue weighted by molar-refractivity contribution is 7.99. The van der Waals surface area contributed by atoms with Gasteiger partial charge in [-0.15, -0.1) is 0 Å². The number of alkyl halides is 3. The molecule has 1 aromatic carbocycles. The zero-order valence-corrected chi connectivity index (χ0v) is 11.7. The van der Waals surface area contributed by atoms with Crippen molar-refractivity contribution in [3.8, 4) is 0 Å². The van der Waals surface area contributed by atoms with Gasteiger partial charge in [-0.2, -0.15) is 24.9 Å². The summed E-state index contributed by atoms with van der Waals surface area (Å²) in [5.41, 5.74) is 1.05. The van der Waals surface area contributed by atoms with Crippen LogP contribution in [0.4, 0.5) is 13.2 Å². The van der Waals surface area contributed by atoms with Gasteiger partial charge in [0.2, 0.25) is 0 Å². The zero-order chi connectivity index (χ0) is 15.9. The van der Waals surface area contributed by atoms with E-state index in [1.54, 1.807) is 0 Å². The number of thioether (sulfide) groups is 1. The van der Waals surface area contributed by atoms with E-state index in [1.165, 1.54) is 17.1 Å². The standard InChI is InChI=1S/C13H14F3NO3S/c14-13(15,16)12(20)17-10(11(18)19)8-21-7-6-9-4-2-1-3-5-9/h1-5,10H,6-8H2,(H,17,20)(H,18,19). The van der Waals surface area contributed by atoms with Crippen LogP contribution in [0.15, 0.2) is 30.3 Å². The molecule has 1 unspecified atom stereocenters. The first-order valence-electron chi connectivity index (χ1n) is 6.03. The van der Waals surface area contributed by atoms with Gasteiger partial charge in [-0.25, -0.2) is 4.79 Å². The molecular formula is C13H14F3NO3S. The summed E-state index contributed by atoms with van der Waals surface area (Å²) in [6, 6.07) is 7.85. The maximum Gasteiger partial charge on any atom is 0.471 e. The summed E-state index contributed by atoms with van der Waals surface area (Å²) < 4.78 is 36.2. The largest absolute Gasteiger partial charge is 0.480 e. The van der Waals surface area contributed by atoms with E-state index in [0.29, 0.717) is 12.2 Å². The van der Waals surface area contributed by atoms with Gasteiger partial charge in [0, 0.05) is 5.75 Å². The number of amides is 1. The van der Waals surface area contributed by atoms with Gasteiger partial charge in [0.05, 0.1) is 0 Å². The summed E-state index contributed by atoms with van der Waals surface area (Å²) >= 11 is 1.17. The van der Waals surface area contributed by atoms with Gasteiger partial charge < -0.3 is 10.4 Å². The zero-order valence-electron chi connectivity index (χ0n) is 10.9. The number of benzene rings is 1. The summed E-state index contributed by atoms with van der Waals surface area (Å²) in [5.74, 6) is -3.29. The molecule has 0 aliphatic carbocycles. The highest BCUT2D eigenvalue weighted by Crippen LogP contribution is 2.15. The van der Waals surface area contributed by atoms with E-state index in [4.69, 9.17) is 5.11 Å². The van der Waals surface area contributed by atoms with Crippen molar-refractivity contribution in [3.63, 3.8) is 0 Å². The topological polar surface area (TPSA) is 66.4 Å². The maximum absolute atomic E-state index is 12.1. The van der Waals surface area contributed by atoms with Crippen molar-refractivity contribution < 1.29 is 27.9 Å². The van der Waals surface area contributed by atoms with Crippen molar-refractivity contribution in [1.29, 1.82) is 0 Å². The third-order valence-corrected chi connectivity index (χ3v) is 3.59. The summed E-state index contributed by atoms with van der Waals surface area (Å²) in [6.07, 6.45) is -4.41. The van der Waals surface area contributed by atoms with Crippen LogP contribution in [0.5, 0.6) is 0 Å². The number of hydrogen-bond donors (Lipinski definition) is 2. The fourth-order valence-electron chi connectivity index (χ4n) is 1.45. The quantitative estimate of drug-likeness (QED) is 0.755. The van der Waals surface area contributed by atoms with Gasteiger partial charge in [-0.1, -0.05) is 30.3 Å². The van der Waals surface area contributed by atoms with Crippen LogP contribution in [0.3, 0.4) is 0 Å². The number of halogens is 3. The molecule has 0 aromatic heterocycles. The van der Waals surface area contributed by atoms with Crippen molar-refractivity contribution in [2.75, 3.05) is 11.5 Å². The van der Waals surface area contributed by atoms with Crippen LogP contribution in [0.25, 0.3) is 0 Å². The minimum absolute atomic E-state index is 0.121. The molecule has 1 rings (SSSR count). The van der Waals surface area contributed by atoms with Gasteiger partial charge in [-0.05, 0) is 17.7 Å². The number of hydrogen-bond acceptors (Lipinski definition) is 3. The third kappa shape index (κ3) is 6.52. The molecule has 2 N–H and O–H groups in total. The Labute approximate surface area is 123 Å². The molecule has 8 heteroatoms. The maximum atomic E-state index is 12.1. The Balaban J connectivity index is 2.38.